The average molecular weight is 254 g/mol. The number of benzene rings is 1. The molecule has 0 radical (unpaired) electrons. The van der Waals surface area contributed by atoms with Crippen molar-refractivity contribution in [2.75, 3.05) is 0 Å². The van der Waals surface area contributed by atoms with Crippen molar-refractivity contribution in [2.45, 2.75) is 20.0 Å². The topological polar surface area (TPSA) is 52.7 Å². The Bertz CT molecular complexity index is 772. The molecular weight excluding hydrogens is 240 g/mol. The SMILES string of the molecule is CCn1ccc(Cn2ncc3ccccc3c2=O)n1. The van der Waals surface area contributed by atoms with Gasteiger partial charge in [0, 0.05) is 18.1 Å². The van der Waals surface area contributed by atoms with Crippen LogP contribution in [0.3, 0.4) is 0 Å². The lowest BCUT2D eigenvalue weighted by Crippen LogP contribution is -2.23. The number of aromatic nitrogens is 4. The van der Waals surface area contributed by atoms with Gasteiger partial charge in [-0.05, 0) is 19.1 Å². The highest BCUT2D eigenvalue weighted by molar-refractivity contribution is 5.80. The summed E-state index contributed by atoms with van der Waals surface area (Å²) >= 11 is 0. The Labute approximate surface area is 110 Å². The molecular formula is C14H14N4O. The van der Waals surface area contributed by atoms with Crippen molar-refractivity contribution in [1.82, 2.24) is 19.6 Å². The second-order valence-electron chi connectivity index (χ2n) is 4.36. The van der Waals surface area contributed by atoms with Crippen LogP contribution in [0.2, 0.25) is 0 Å². The first kappa shape index (κ1) is 11.6. The number of hydrogen-bond acceptors (Lipinski definition) is 3. The van der Waals surface area contributed by atoms with Crippen LogP contribution >= 0.6 is 0 Å². The van der Waals surface area contributed by atoms with Crippen molar-refractivity contribution in [3.05, 3.63) is 58.8 Å². The van der Waals surface area contributed by atoms with Gasteiger partial charge in [0.2, 0.25) is 0 Å². The van der Waals surface area contributed by atoms with E-state index in [1.807, 2.05) is 48.1 Å². The van der Waals surface area contributed by atoms with E-state index in [1.54, 1.807) is 6.20 Å². The van der Waals surface area contributed by atoms with E-state index in [9.17, 15) is 4.79 Å². The summed E-state index contributed by atoms with van der Waals surface area (Å²) in [6.07, 6.45) is 3.62. The normalized spacial score (nSPS) is 11.0. The quantitative estimate of drug-likeness (QED) is 0.714. The van der Waals surface area contributed by atoms with Crippen molar-refractivity contribution < 1.29 is 0 Å². The van der Waals surface area contributed by atoms with Crippen LogP contribution in [0.1, 0.15) is 12.6 Å². The second kappa shape index (κ2) is 4.68. The predicted octanol–water partition coefficient (Wildman–Crippen LogP) is 1.66. The second-order valence-corrected chi connectivity index (χ2v) is 4.36. The first-order chi connectivity index (χ1) is 9.28. The minimum absolute atomic E-state index is 0.0795. The average Bonchev–Trinajstić information content (AvgIpc) is 2.90. The zero-order chi connectivity index (χ0) is 13.2. The fourth-order valence-electron chi connectivity index (χ4n) is 2.06. The van der Waals surface area contributed by atoms with Crippen LogP contribution in [0, 0.1) is 0 Å². The van der Waals surface area contributed by atoms with E-state index < -0.39 is 0 Å². The molecule has 0 fully saturated rings. The predicted molar refractivity (Wildman–Crippen MR) is 73.0 cm³/mol. The lowest BCUT2D eigenvalue weighted by Gasteiger charge is -2.03. The van der Waals surface area contributed by atoms with Gasteiger partial charge in [0.15, 0.2) is 0 Å². The van der Waals surface area contributed by atoms with Gasteiger partial charge in [0.1, 0.15) is 0 Å². The summed E-state index contributed by atoms with van der Waals surface area (Å²) in [7, 11) is 0. The number of rotatable bonds is 3. The first-order valence-corrected chi connectivity index (χ1v) is 6.25. The molecule has 0 atom stereocenters. The maximum atomic E-state index is 12.3. The molecule has 0 N–H and O–H groups in total. The van der Waals surface area contributed by atoms with Crippen LogP contribution in [-0.4, -0.2) is 19.6 Å². The van der Waals surface area contributed by atoms with Crippen LogP contribution in [0.25, 0.3) is 10.8 Å². The summed E-state index contributed by atoms with van der Waals surface area (Å²) in [6.45, 7) is 3.24. The minimum atomic E-state index is -0.0795. The van der Waals surface area contributed by atoms with Crippen molar-refractivity contribution in [1.29, 1.82) is 0 Å². The number of nitrogens with zero attached hydrogens (tertiary/aromatic N) is 4. The molecule has 5 heteroatoms. The largest absolute Gasteiger partial charge is 0.274 e. The van der Waals surface area contributed by atoms with E-state index >= 15 is 0 Å². The third kappa shape index (κ3) is 2.14. The van der Waals surface area contributed by atoms with Gasteiger partial charge < -0.3 is 0 Å². The Morgan fingerprint density at radius 2 is 2.05 bits per heavy atom. The summed E-state index contributed by atoms with van der Waals surface area (Å²) in [5, 5.41) is 10.1. The van der Waals surface area contributed by atoms with Crippen molar-refractivity contribution >= 4 is 10.8 Å². The molecule has 1 aromatic carbocycles. The Morgan fingerprint density at radius 3 is 2.84 bits per heavy atom. The van der Waals surface area contributed by atoms with Gasteiger partial charge in [-0.1, -0.05) is 18.2 Å². The molecule has 0 aliphatic carbocycles. The molecule has 0 aliphatic heterocycles. The molecule has 0 saturated heterocycles. The summed E-state index contributed by atoms with van der Waals surface area (Å²) in [5.74, 6) is 0. The minimum Gasteiger partial charge on any atom is -0.273 e. The lowest BCUT2D eigenvalue weighted by atomic mass is 10.2. The Morgan fingerprint density at radius 1 is 1.21 bits per heavy atom. The molecule has 3 aromatic rings. The van der Waals surface area contributed by atoms with Crippen molar-refractivity contribution in [2.24, 2.45) is 0 Å². The molecule has 96 valence electrons. The Hall–Kier alpha value is -2.43. The summed E-state index contributed by atoms with van der Waals surface area (Å²) in [4.78, 5) is 12.3. The van der Waals surface area contributed by atoms with Crippen molar-refractivity contribution in [3.8, 4) is 0 Å². The maximum absolute atomic E-state index is 12.3. The molecule has 0 spiro atoms. The van der Waals surface area contributed by atoms with Gasteiger partial charge in [0.05, 0.1) is 23.8 Å². The van der Waals surface area contributed by atoms with E-state index in [0.29, 0.717) is 11.9 Å². The van der Waals surface area contributed by atoms with Gasteiger partial charge in [0.25, 0.3) is 5.56 Å². The first-order valence-electron chi connectivity index (χ1n) is 6.25. The van der Waals surface area contributed by atoms with E-state index in [4.69, 9.17) is 0 Å². The standard InChI is InChI=1S/C14H14N4O/c1-2-17-8-7-12(16-17)10-18-14(19)13-6-4-3-5-11(13)9-15-18/h3-9H,2,10H2,1H3. The molecule has 5 nitrogen and oxygen atoms in total. The zero-order valence-electron chi connectivity index (χ0n) is 10.7. The van der Waals surface area contributed by atoms with Crippen LogP contribution in [0.5, 0.6) is 0 Å². The van der Waals surface area contributed by atoms with E-state index in [-0.39, 0.29) is 5.56 Å². The van der Waals surface area contributed by atoms with Gasteiger partial charge in [-0.25, -0.2) is 4.68 Å². The van der Waals surface area contributed by atoms with Crippen molar-refractivity contribution in [3.63, 3.8) is 0 Å². The van der Waals surface area contributed by atoms with E-state index in [1.165, 1.54) is 4.68 Å². The highest BCUT2D eigenvalue weighted by atomic mass is 16.1. The summed E-state index contributed by atoms with van der Waals surface area (Å²) < 4.78 is 3.28. The smallest absolute Gasteiger partial charge is 0.273 e. The fraction of sp³-hybridized carbons (Fsp3) is 0.214. The van der Waals surface area contributed by atoms with Crippen LogP contribution in [0.4, 0.5) is 0 Å². The fourth-order valence-corrected chi connectivity index (χ4v) is 2.06. The number of fused-ring (bicyclic) bond motifs is 1. The Balaban J connectivity index is 2.01. The van der Waals surface area contributed by atoms with Gasteiger partial charge in [-0.2, -0.15) is 10.2 Å². The molecule has 0 aliphatic rings. The molecule has 2 aromatic heterocycles. The van der Waals surface area contributed by atoms with Crippen LogP contribution in [-0.2, 0) is 13.1 Å². The molecule has 3 rings (SSSR count). The van der Waals surface area contributed by atoms with Gasteiger partial charge >= 0.3 is 0 Å². The van der Waals surface area contributed by atoms with Gasteiger partial charge in [-0.15, -0.1) is 0 Å². The third-order valence-electron chi connectivity index (χ3n) is 3.09. The highest BCUT2D eigenvalue weighted by Gasteiger charge is 2.05. The lowest BCUT2D eigenvalue weighted by molar-refractivity contribution is 0.600. The van der Waals surface area contributed by atoms with E-state index in [0.717, 1.165) is 17.6 Å². The molecule has 0 unspecified atom stereocenters. The number of hydrogen-bond donors (Lipinski definition) is 0. The molecule has 0 bridgehead atoms. The summed E-state index contributed by atoms with van der Waals surface area (Å²) in [5.41, 5.74) is 0.760. The molecule has 0 amide bonds. The van der Waals surface area contributed by atoms with Crippen LogP contribution < -0.4 is 5.56 Å². The monoisotopic (exact) mass is 254 g/mol. The molecule has 0 saturated carbocycles. The molecule has 2 heterocycles. The zero-order valence-corrected chi connectivity index (χ0v) is 10.7. The maximum Gasteiger partial charge on any atom is 0.274 e. The highest BCUT2D eigenvalue weighted by Crippen LogP contribution is 2.07. The van der Waals surface area contributed by atoms with E-state index in [2.05, 4.69) is 10.2 Å². The summed E-state index contributed by atoms with van der Waals surface area (Å²) in [6, 6.07) is 9.38. The number of aryl methyl sites for hydroxylation is 1. The van der Waals surface area contributed by atoms with Crippen LogP contribution in [0.15, 0.2) is 47.5 Å². The molecule has 19 heavy (non-hydrogen) atoms. The Kier molecular flexibility index (Phi) is 2.87. The van der Waals surface area contributed by atoms with Gasteiger partial charge in [-0.3, -0.25) is 9.48 Å². The third-order valence-corrected chi connectivity index (χ3v) is 3.09.